The molecule has 26 heavy (non-hydrogen) atoms. The number of anilines is 1. The highest BCUT2D eigenvalue weighted by Gasteiger charge is 2.17. The fraction of sp³-hybridized carbons (Fsp3) is 0. The van der Waals surface area contributed by atoms with Crippen LogP contribution in [0.3, 0.4) is 0 Å². The molecule has 1 aromatic carbocycles. The summed E-state index contributed by atoms with van der Waals surface area (Å²) in [5, 5.41) is 6.72. The molecule has 0 spiro atoms. The smallest absolute Gasteiger partial charge is 0.277 e. The number of hydrogen-bond donors (Lipinski definition) is 1. The topological polar surface area (TPSA) is 85.1 Å². The molecule has 0 saturated heterocycles. The fourth-order valence-electron chi connectivity index (χ4n) is 2.45. The van der Waals surface area contributed by atoms with Crippen LogP contribution in [0.15, 0.2) is 55.1 Å². The summed E-state index contributed by atoms with van der Waals surface area (Å²) >= 11 is 0. The second-order valence-electron chi connectivity index (χ2n) is 5.27. The highest BCUT2D eigenvalue weighted by Crippen LogP contribution is 2.24. The number of nitrogens with one attached hydrogen (secondary N) is 1. The maximum absolute atomic E-state index is 14.0. The molecule has 128 valence electrons. The van der Waals surface area contributed by atoms with Crippen molar-refractivity contribution < 1.29 is 13.6 Å². The van der Waals surface area contributed by atoms with E-state index in [2.05, 4.69) is 25.4 Å². The van der Waals surface area contributed by atoms with Crippen LogP contribution >= 0.6 is 0 Å². The van der Waals surface area contributed by atoms with Gasteiger partial charge in [0.25, 0.3) is 5.91 Å². The average Bonchev–Trinajstić information content (AvgIpc) is 3.06. The van der Waals surface area contributed by atoms with E-state index in [1.807, 2.05) is 0 Å². The zero-order valence-corrected chi connectivity index (χ0v) is 13.1. The number of benzene rings is 1. The predicted octanol–water partition coefficient (Wildman–Crippen LogP) is 2.72. The summed E-state index contributed by atoms with van der Waals surface area (Å²) in [6.07, 6.45) is 5.60. The first-order valence-electron chi connectivity index (χ1n) is 7.50. The van der Waals surface area contributed by atoms with Crippen LogP contribution in [0.1, 0.15) is 10.5 Å². The van der Waals surface area contributed by atoms with E-state index in [9.17, 15) is 13.6 Å². The Labute approximate surface area is 145 Å². The molecular weight excluding hydrogens is 342 g/mol. The Hall–Kier alpha value is -3.75. The number of amides is 1. The number of carbonyl (C=O) groups is 1. The van der Waals surface area contributed by atoms with Crippen molar-refractivity contribution in [1.29, 1.82) is 0 Å². The number of hydrogen-bond acceptors (Lipinski definition) is 5. The normalized spacial score (nSPS) is 10.8. The zero-order chi connectivity index (χ0) is 18.1. The Balaban J connectivity index is 1.77. The van der Waals surface area contributed by atoms with Gasteiger partial charge in [-0.25, -0.2) is 23.3 Å². The van der Waals surface area contributed by atoms with Crippen molar-refractivity contribution in [3.05, 3.63) is 72.4 Å². The summed E-state index contributed by atoms with van der Waals surface area (Å²) < 4.78 is 29.2. The molecule has 0 atom stereocenters. The number of fused-ring (bicyclic) bond motifs is 1. The summed E-state index contributed by atoms with van der Waals surface area (Å²) in [4.78, 5) is 24.3. The van der Waals surface area contributed by atoms with E-state index in [4.69, 9.17) is 0 Å². The van der Waals surface area contributed by atoms with E-state index in [-0.39, 0.29) is 22.8 Å². The standard InChI is InChI=1S/C17H10F2N6O/c18-10-2-1-3-11(19)16(10)12-4-5-15-22-8-13(25(15)24-12)17(26)23-14-9-20-6-7-21-14/h1-9H,(H,21,23,26). The first-order chi connectivity index (χ1) is 12.6. The van der Waals surface area contributed by atoms with E-state index in [1.165, 1.54) is 47.5 Å². The van der Waals surface area contributed by atoms with Crippen LogP contribution < -0.4 is 5.32 Å². The molecule has 0 aliphatic heterocycles. The van der Waals surface area contributed by atoms with Crippen LogP contribution in [-0.2, 0) is 0 Å². The van der Waals surface area contributed by atoms with Crippen molar-refractivity contribution in [2.24, 2.45) is 0 Å². The molecule has 7 nitrogen and oxygen atoms in total. The molecule has 4 rings (SSSR count). The van der Waals surface area contributed by atoms with Crippen LogP contribution in [0.4, 0.5) is 14.6 Å². The van der Waals surface area contributed by atoms with Crippen molar-refractivity contribution in [3.63, 3.8) is 0 Å². The zero-order valence-electron chi connectivity index (χ0n) is 13.1. The second kappa shape index (κ2) is 6.28. The quantitative estimate of drug-likeness (QED) is 0.613. The Morgan fingerprint density at radius 2 is 1.81 bits per heavy atom. The third-order valence-electron chi connectivity index (χ3n) is 3.62. The minimum absolute atomic E-state index is 0.0413. The second-order valence-corrected chi connectivity index (χ2v) is 5.27. The van der Waals surface area contributed by atoms with Gasteiger partial charge in [0.2, 0.25) is 0 Å². The van der Waals surface area contributed by atoms with E-state index in [0.717, 1.165) is 12.1 Å². The van der Waals surface area contributed by atoms with Gasteiger partial charge in [0.05, 0.1) is 23.7 Å². The highest BCUT2D eigenvalue weighted by molar-refractivity contribution is 6.02. The lowest BCUT2D eigenvalue weighted by atomic mass is 10.1. The molecule has 0 unspecified atom stereocenters. The molecule has 1 amide bonds. The van der Waals surface area contributed by atoms with Crippen LogP contribution in [0, 0.1) is 11.6 Å². The molecule has 0 bridgehead atoms. The molecule has 0 aliphatic carbocycles. The monoisotopic (exact) mass is 352 g/mol. The van der Waals surface area contributed by atoms with E-state index >= 15 is 0 Å². The minimum Gasteiger partial charge on any atom is -0.304 e. The first kappa shape index (κ1) is 15.8. The largest absolute Gasteiger partial charge is 0.304 e. The van der Waals surface area contributed by atoms with Gasteiger partial charge in [0, 0.05) is 12.4 Å². The molecular formula is C17H10F2N6O. The molecule has 0 saturated carbocycles. The third-order valence-corrected chi connectivity index (χ3v) is 3.62. The lowest BCUT2D eigenvalue weighted by Crippen LogP contribution is -2.16. The van der Waals surface area contributed by atoms with Gasteiger partial charge in [-0.3, -0.25) is 9.78 Å². The summed E-state index contributed by atoms with van der Waals surface area (Å²) in [6, 6.07) is 6.50. The van der Waals surface area contributed by atoms with Crippen LogP contribution in [0.25, 0.3) is 16.9 Å². The molecule has 3 heterocycles. The Morgan fingerprint density at radius 1 is 1.00 bits per heavy atom. The molecule has 0 aliphatic rings. The van der Waals surface area contributed by atoms with Crippen molar-refractivity contribution in [2.45, 2.75) is 0 Å². The maximum Gasteiger partial charge on any atom is 0.277 e. The van der Waals surface area contributed by atoms with Gasteiger partial charge in [-0.1, -0.05) is 6.07 Å². The molecule has 1 N–H and O–H groups in total. The highest BCUT2D eigenvalue weighted by atomic mass is 19.1. The van der Waals surface area contributed by atoms with Gasteiger partial charge < -0.3 is 5.32 Å². The molecule has 4 aromatic rings. The van der Waals surface area contributed by atoms with E-state index in [0.29, 0.717) is 5.65 Å². The van der Waals surface area contributed by atoms with Crippen molar-refractivity contribution in [1.82, 2.24) is 24.6 Å². The van der Waals surface area contributed by atoms with Gasteiger partial charge in [0.1, 0.15) is 11.6 Å². The number of aromatic nitrogens is 5. The van der Waals surface area contributed by atoms with Gasteiger partial charge in [-0.05, 0) is 24.3 Å². The summed E-state index contributed by atoms with van der Waals surface area (Å²) in [5.41, 5.74) is 0.210. The maximum atomic E-state index is 14.0. The number of rotatable bonds is 3. The summed E-state index contributed by atoms with van der Waals surface area (Å²) in [7, 11) is 0. The number of imidazole rings is 1. The third kappa shape index (κ3) is 2.75. The number of carbonyl (C=O) groups excluding carboxylic acids is 1. The molecule has 0 radical (unpaired) electrons. The van der Waals surface area contributed by atoms with E-state index in [1.54, 1.807) is 0 Å². The summed E-state index contributed by atoms with van der Waals surface area (Å²) in [6.45, 7) is 0. The first-order valence-corrected chi connectivity index (χ1v) is 7.50. The van der Waals surface area contributed by atoms with Gasteiger partial charge in [-0.2, -0.15) is 5.10 Å². The van der Waals surface area contributed by atoms with Crippen LogP contribution in [-0.4, -0.2) is 30.5 Å². The van der Waals surface area contributed by atoms with Crippen LogP contribution in [0.2, 0.25) is 0 Å². The number of halogens is 2. The van der Waals surface area contributed by atoms with Gasteiger partial charge in [-0.15, -0.1) is 0 Å². The predicted molar refractivity (Wildman–Crippen MR) is 88.3 cm³/mol. The average molecular weight is 352 g/mol. The van der Waals surface area contributed by atoms with Gasteiger partial charge in [0.15, 0.2) is 17.2 Å². The Bertz CT molecular complexity index is 1090. The van der Waals surface area contributed by atoms with Crippen molar-refractivity contribution in [3.8, 4) is 11.3 Å². The Morgan fingerprint density at radius 3 is 2.54 bits per heavy atom. The van der Waals surface area contributed by atoms with E-state index < -0.39 is 17.5 Å². The van der Waals surface area contributed by atoms with Crippen LogP contribution in [0.5, 0.6) is 0 Å². The lowest BCUT2D eigenvalue weighted by molar-refractivity contribution is 0.102. The molecule has 9 heteroatoms. The van der Waals surface area contributed by atoms with Gasteiger partial charge >= 0.3 is 0 Å². The fourth-order valence-corrected chi connectivity index (χ4v) is 2.45. The number of nitrogens with zero attached hydrogens (tertiary/aromatic N) is 5. The summed E-state index contributed by atoms with van der Waals surface area (Å²) in [5.74, 6) is -1.77. The SMILES string of the molecule is O=C(Nc1cnccn1)c1cnc2ccc(-c3c(F)cccc3F)nn12. The molecule has 0 fully saturated rings. The Kier molecular flexibility index (Phi) is 3.81. The molecule has 3 aromatic heterocycles. The van der Waals surface area contributed by atoms with Crippen molar-refractivity contribution >= 4 is 17.4 Å². The lowest BCUT2D eigenvalue weighted by Gasteiger charge is -2.06. The minimum atomic E-state index is -0.748. The van der Waals surface area contributed by atoms with Crippen molar-refractivity contribution in [2.75, 3.05) is 5.32 Å².